The Morgan fingerprint density at radius 1 is 1.42 bits per heavy atom. The summed E-state index contributed by atoms with van der Waals surface area (Å²) in [5.41, 5.74) is 0.831. The third kappa shape index (κ3) is 3.39. The van der Waals surface area contributed by atoms with Crippen LogP contribution in [0.5, 0.6) is 0 Å². The largest absolute Gasteiger partial charge is 0.465 e. The fourth-order valence-corrected chi connectivity index (χ4v) is 2.42. The predicted molar refractivity (Wildman–Crippen MR) is 75.5 cm³/mol. The maximum atomic E-state index is 11.9. The van der Waals surface area contributed by atoms with E-state index in [2.05, 4.69) is 31.0 Å². The number of nitrogens with one attached hydrogen (secondary N) is 1. The molecule has 1 amide bonds. The summed E-state index contributed by atoms with van der Waals surface area (Å²) >= 11 is 4.47. The first-order valence-corrected chi connectivity index (χ1v) is 6.87. The molecular weight excluding hydrogens is 332 g/mol. The predicted octanol–water partition coefficient (Wildman–Crippen LogP) is 2.94. The lowest BCUT2D eigenvalue weighted by molar-refractivity contribution is 0.0606. The van der Waals surface area contributed by atoms with Gasteiger partial charge in [-0.3, -0.25) is 9.78 Å². The van der Waals surface area contributed by atoms with Crippen molar-refractivity contribution in [1.82, 2.24) is 4.98 Å². The molecule has 2 aromatic rings. The number of hydrogen-bond acceptors (Lipinski definition) is 5. The van der Waals surface area contributed by atoms with Gasteiger partial charge in [-0.25, -0.2) is 4.79 Å². The summed E-state index contributed by atoms with van der Waals surface area (Å²) in [4.78, 5) is 27.6. The highest BCUT2D eigenvalue weighted by Gasteiger charge is 2.12. The number of methoxy groups -OCH3 is 1. The van der Waals surface area contributed by atoms with Crippen molar-refractivity contribution in [2.24, 2.45) is 0 Å². The highest BCUT2D eigenvalue weighted by atomic mass is 79.9. The molecule has 0 aliphatic heterocycles. The lowest BCUT2D eigenvalue weighted by Gasteiger charge is -2.02. The Bertz CT molecular complexity index is 627. The average Bonchev–Trinajstić information content (AvgIpc) is 2.86. The van der Waals surface area contributed by atoms with Gasteiger partial charge in [0, 0.05) is 16.0 Å². The molecular formula is C12H9BrN2O3S. The molecule has 19 heavy (non-hydrogen) atoms. The second-order valence-corrected chi connectivity index (χ2v) is 5.33. The molecule has 7 heteroatoms. The number of amides is 1. The minimum atomic E-state index is -0.425. The van der Waals surface area contributed by atoms with Crippen molar-refractivity contribution in [3.63, 3.8) is 0 Å². The zero-order valence-corrected chi connectivity index (χ0v) is 12.2. The molecule has 0 radical (unpaired) electrons. The van der Waals surface area contributed by atoms with Gasteiger partial charge in [0.25, 0.3) is 5.91 Å². The molecule has 0 aliphatic carbocycles. The highest BCUT2D eigenvalue weighted by molar-refractivity contribution is 9.10. The first-order chi connectivity index (χ1) is 9.10. The molecule has 2 rings (SSSR count). The van der Waals surface area contributed by atoms with E-state index in [0.29, 0.717) is 16.3 Å². The van der Waals surface area contributed by atoms with Crippen LogP contribution in [0.15, 0.2) is 34.2 Å². The molecule has 0 fully saturated rings. The molecule has 0 saturated heterocycles. The Morgan fingerprint density at radius 3 is 2.89 bits per heavy atom. The summed E-state index contributed by atoms with van der Waals surface area (Å²) in [6.07, 6.45) is 1.53. The number of pyridine rings is 1. The number of thiophene rings is 1. The fraction of sp³-hybridized carbons (Fsp3) is 0.0833. The van der Waals surface area contributed by atoms with E-state index in [1.807, 2.05) is 0 Å². The first kappa shape index (κ1) is 13.7. The molecule has 0 aliphatic rings. The average molecular weight is 341 g/mol. The Kier molecular flexibility index (Phi) is 4.28. The van der Waals surface area contributed by atoms with Gasteiger partial charge in [0.05, 0.1) is 12.8 Å². The number of rotatable bonds is 3. The summed E-state index contributed by atoms with van der Waals surface area (Å²) in [5, 5.41) is 4.33. The quantitative estimate of drug-likeness (QED) is 0.872. The number of esters is 1. The molecule has 2 heterocycles. The molecule has 0 bridgehead atoms. The van der Waals surface area contributed by atoms with Crippen LogP contribution in [-0.2, 0) is 4.74 Å². The van der Waals surface area contributed by atoms with E-state index in [1.54, 1.807) is 23.6 Å². The summed E-state index contributed by atoms with van der Waals surface area (Å²) in [6, 6.07) is 4.91. The second kappa shape index (κ2) is 5.94. The summed E-state index contributed by atoms with van der Waals surface area (Å²) in [5.74, 6) is -0.762. The normalized spacial score (nSPS) is 10.0. The van der Waals surface area contributed by atoms with Crippen LogP contribution in [0.4, 0.5) is 5.69 Å². The summed E-state index contributed by atoms with van der Waals surface area (Å²) < 4.78 is 5.37. The Balaban J connectivity index is 2.11. The van der Waals surface area contributed by atoms with Crippen molar-refractivity contribution >= 4 is 44.8 Å². The first-order valence-electron chi connectivity index (χ1n) is 5.20. The van der Waals surface area contributed by atoms with Crippen molar-refractivity contribution in [2.75, 3.05) is 12.4 Å². The number of ether oxygens (including phenoxy) is 1. The molecule has 0 spiro atoms. The number of carbonyl (C=O) groups excluding carboxylic acids is 2. The Labute approximate surface area is 121 Å². The van der Waals surface area contributed by atoms with E-state index < -0.39 is 5.97 Å². The number of aromatic nitrogens is 1. The van der Waals surface area contributed by atoms with Crippen molar-refractivity contribution in [3.05, 3.63) is 44.8 Å². The number of nitrogens with zero attached hydrogens (tertiary/aromatic N) is 1. The zero-order chi connectivity index (χ0) is 13.8. The van der Waals surface area contributed by atoms with Gasteiger partial charge in [-0.1, -0.05) is 15.9 Å². The maximum Gasteiger partial charge on any atom is 0.348 e. The molecule has 1 N–H and O–H groups in total. The maximum absolute atomic E-state index is 11.9. The topological polar surface area (TPSA) is 68.3 Å². The van der Waals surface area contributed by atoms with Gasteiger partial charge < -0.3 is 10.1 Å². The van der Waals surface area contributed by atoms with E-state index in [4.69, 9.17) is 0 Å². The van der Waals surface area contributed by atoms with Crippen LogP contribution in [0, 0.1) is 0 Å². The summed E-state index contributed by atoms with van der Waals surface area (Å²) in [6.45, 7) is 0. The number of carbonyl (C=O) groups is 2. The molecule has 2 aromatic heterocycles. The lowest BCUT2D eigenvalue weighted by Crippen LogP contribution is -2.13. The number of hydrogen-bond donors (Lipinski definition) is 1. The van der Waals surface area contributed by atoms with Crippen LogP contribution in [-0.4, -0.2) is 24.0 Å². The van der Waals surface area contributed by atoms with Gasteiger partial charge in [0.2, 0.25) is 0 Å². The van der Waals surface area contributed by atoms with Crippen LogP contribution >= 0.6 is 27.3 Å². The number of anilines is 1. The Hall–Kier alpha value is -1.73. The van der Waals surface area contributed by atoms with Crippen LogP contribution in [0.3, 0.4) is 0 Å². The van der Waals surface area contributed by atoms with Gasteiger partial charge in [-0.05, 0) is 18.2 Å². The smallest absolute Gasteiger partial charge is 0.348 e. The molecule has 0 aromatic carbocycles. The highest BCUT2D eigenvalue weighted by Crippen LogP contribution is 2.20. The summed E-state index contributed by atoms with van der Waals surface area (Å²) in [7, 11) is 1.31. The second-order valence-electron chi connectivity index (χ2n) is 3.50. The lowest BCUT2D eigenvalue weighted by atomic mass is 10.3. The minimum Gasteiger partial charge on any atom is -0.465 e. The number of halogens is 1. The third-order valence-electron chi connectivity index (χ3n) is 2.20. The molecule has 5 nitrogen and oxygen atoms in total. The third-order valence-corrected chi connectivity index (χ3v) is 3.60. The van der Waals surface area contributed by atoms with Gasteiger partial charge in [-0.2, -0.15) is 0 Å². The van der Waals surface area contributed by atoms with E-state index in [1.165, 1.54) is 24.6 Å². The van der Waals surface area contributed by atoms with Crippen molar-refractivity contribution in [1.29, 1.82) is 0 Å². The molecule has 98 valence electrons. The van der Waals surface area contributed by atoms with E-state index >= 15 is 0 Å². The SMILES string of the molecule is COC(=O)c1cc(NC(=O)c2cc(Br)ccn2)cs1. The van der Waals surface area contributed by atoms with Gasteiger partial charge in [-0.15, -0.1) is 11.3 Å². The van der Waals surface area contributed by atoms with Crippen molar-refractivity contribution in [3.8, 4) is 0 Å². The van der Waals surface area contributed by atoms with Crippen molar-refractivity contribution < 1.29 is 14.3 Å². The fourth-order valence-electron chi connectivity index (χ4n) is 1.33. The zero-order valence-electron chi connectivity index (χ0n) is 9.84. The molecule has 0 atom stereocenters. The van der Waals surface area contributed by atoms with Crippen LogP contribution in [0.25, 0.3) is 0 Å². The van der Waals surface area contributed by atoms with Crippen molar-refractivity contribution in [2.45, 2.75) is 0 Å². The van der Waals surface area contributed by atoms with Crippen LogP contribution in [0.1, 0.15) is 20.2 Å². The Morgan fingerprint density at radius 2 is 2.21 bits per heavy atom. The van der Waals surface area contributed by atoms with Crippen LogP contribution < -0.4 is 5.32 Å². The van der Waals surface area contributed by atoms with Crippen LogP contribution in [0.2, 0.25) is 0 Å². The molecule has 0 saturated carbocycles. The monoisotopic (exact) mass is 340 g/mol. The standard InChI is InChI=1S/C12H9BrN2O3S/c1-18-12(17)10-5-8(6-19-10)15-11(16)9-4-7(13)2-3-14-9/h2-6H,1H3,(H,15,16). The van der Waals surface area contributed by atoms with Gasteiger partial charge in [0.15, 0.2) is 0 Å². The molecule has 0 unspecified atom stereocenters. The van der Waals surface area contributed by atoms with E-state index in [0.717, 1.165) is 4.47 Å². The van der Waals surface area contributed by atoms with E-state index in [-0.39, 0.29) is 5.91 Å². The minimum absolute atomic E-state index is 0.292. The van der Waals surface area contributed by atoms with Gasteiger partial charge in [0.1, 0.15) is 10.6 Å². The van der Waals surface area contributed by atoms with Gasteiger partial charge >= 0.3 is 5.97 Å². The van der Waals surface area contributed by atoms with E-state index in [9.17, 15) is 9.59 Å².